The monoisotopic (exact) mass is 347 g/mol. The molecule has 7 nitrogen and oxygen atoms in total. The van der Waals surface area contributed by atoms with E-state index in [1.54, 1.807) is 11.9 Å². The molecule has 2 atom stereocenters. The van der Waals surface area contributed by atoms with Crippen molar-refractivity contribution in [1.82, 2.24) is 25.1 Å². The summed E-state index contributed by atoms with van der Waals surface area (Å²) in [5.41, 5.74) is 0.208. The summed E-state index contributed by atoms with van der Waals surface area (Å²) in [4.78, 5) is 36.4. The number of carbonyl (C=O) groups is 1. The molecule has 2 N–H and O–H groups in total. The molecule has 2 fully saturated rings. The average molecular weight is 347 g/mol. The van der Waals surface area contributed by atoms with Crippen LogP contribution in [0, 0.1) is 11.3 Å². The Morgan fingerprint density at radius 1 is 1.58 bits per heavy atom. The Hall–Kier alpha value is -1.77. The second kappa shape index (κ2) is 5.65. The van der Waals surface area contributed by atoms with Crippen LogP contribution in [0.1, 0.15) is 5.82 Å². The number of nitrogens with one attached hydrogen (secondary N) is 2. The summed E-state index contributed by atoms with van der Waals surface area (Å²) in [7, 11) is 3.86. The highest BCUT2D eigenvalue weighted by Gasteiger charge is 2.54. The quantitative estimate of drug-likeness (QED) is 0.823. The molecule has 0 saturated carbocycles. The number of carbonyl (C=O) groups excluding carboxylic acids is 1. The van der Waals surface area contributed by atoms with E-state index in [1.807, 2.05) is 11.4 Å². The van der Waals surface area contributed by atoms with Crippen molar-refractivity contribution in [2.45, 2.75) is 6.54 Å². The molecule has 4 heterocycles. The SMILES string of the molecule is CN1C[C@H]2CNC[C@@]2(C(=O)N(C)Cc2nc3ccsc3c(=O)[nH]2)C1. The highest BCUT2D eigenvalue weighted by Crippen LogP contribution is 2.39. The van der Waals surface area contributed by atoms with Crippen LogP contribution in [0.15, 0.2) is 16.2 Å². The molecule has 0 spiro atoms. The molecule has 2 aliphatic heterocycles. The maximum atomic E-state index is 13.1. The van der Waals surface area contributed by atoms with E-state index in [-0.39, 0.29) is 16.9 Å². The largest absolute Gasteiger partial charge is 0.338 e. The van der Waals surface area contributed by atoms with E-state index in [9.17, 15) is 9.59 Å². The zero-order valence-corrected chi connectivity index (χ0v) is 14.7. The van der Waals surface area contributed by atoms with Gasteiger partial charge in [-0.2, -0.15) is 0 Å². The molecule has 4 rings (SSSR count). The first-order valence-corrected chi connectivity index (χ1v) is 8.99. The first-order chi connectivity index (χ1) is 11.5. The fourth-order valence-electron chi connectivity index (χ4n) is 4.15. The van der Waals surface area contributed by atoms with Gasteiger partial charge in [-0.05, 0) is 18.5 Å². The van der Waals surface area contributed by atoms with Crippen LogP contribution in [0.25, 0.3) is 10.2 Å². The summed E-state index contributed by atoms with van der Waals surface area (Å²) in [6.07, 6.45) is 0. The third-order valence-corrected chi connectivity index (χ3v) is 6.12. The number of hydrogen-bond donors (Lipinski definition) is 2. The number of H-pyrrole nitrogens is 1. The van der Waals surface area contributed by atoms with E-state index >= 15 is 0 Å². The number of nitrogens with zero attached hydrogens (tertiary/aromatic N) is 3. The number of rotatable bonds is 3. The zero-order valence-electron chi connectivity index (χ0n) is 13.8. The van der Waals surface area contributed by atoms with E-state index in [4.69, 9.17) is 0 Å². The van der Waals surface area contributed by atoms with Crippen molar-refractivity contribution < 1.29 is 4.79 Å². The van der Waals surface area contributed by atoms with Gasteiger partial charge in [0.15, 0.2) is 0 Å². The lowest BCUT2D eigenvalue weighted by Gasteiger charge is -2.31. The van der Waals surface area contributed by atoms with Crippen LogP contribution in [0.5, 0.6) is 0 Å². The van der Waals surface area contributed by atoms with Crippen molar-refractivity contribution in [2.75, 3.05) is 40.3 Å². The van der Waals surface area contributed by atoms with Gasteiger partial charge in [-0.15, -0.1) is 11.3 Å². The summed E-state index contributed by atoms with van der Waals surface area (Å²) in [6, 6.07) is 1.84. The highest BCUT2D eigenvalue weighted by atomic mass is 32.1. The lowest BCUT2D eigenvalue weighted by Crippen LogP contribution is -2.47. The van der Waals surface area contributed by atoms with Gasteiger partial charge in [-0.3, -0.25) is 9.59 Å². The van der Waals surface area contributed by atoms with Gasteiger partial charge in [0.1, 0.15) is 10.5 Å². The van der Waals surface area contributed by atoms with Crippen molar-refractivity contribution in [3.63, 3.8) is 0 Å². The topological polar surface area (TPSA) is 81.3 Å². The molecule has 24 heavy (non-hydrogen) atoms. The van der Waals surface area contributed by atoms with Gasteiger partial charge in [0.05, 0.1) is 17.5 Å². The van der Waals surface area contributed by atoms with Crippen molar-refractivity contribution in [3.05, 3.63) is 27.6 Å². The van der Waals surface area contributed by atoms with Gasteiger partial charge in [0, 0.05) is 39.1 Å². The predicted molar refractivity (Wildman–Crippen MR) is 93.0 cm³/mol. The van der Waals surface area contributed by atoms with Gasteiger partial charge >= 0.3 is 0 Å². The van der Waals surface area contributed by atoms with Crippen LogP contribution in [-0.2, 0) is 11.3 Å². The van der Waals surface area contributed by atoms with Crippen LogP contribution in [-0.4, -0.2) is 65.9 Å². The van der Waals surface area contributed by atoms with Crippen molar-refractivity contribution >= 4 is 27.5 Å². The number of likely N-dealkylation sites (tertiary alicyclic amines) is 1. The number of aromatic amines is 1. The van der Waals surface area contributed by atoms with Gasteiger partial charge in [0.2, 0.25) is 5.91 Å². The molecule has 8 heteroatoms. The number of thiophene rings is 1. The molecule has 2 saturated heterocycles. The van der Waals surface area contributed by atoms with Crippen LogP contribution < -0.4 is 10.9 Å². The van der Waals surface area contributed by atoms with Crippen molar-refractivity contribution in [3.8, 4) is 0 Å². The molecule has 0 unspecified atom stereocenters. The zero-order chi connectivity index (χ0) is 16.9. The van der Waals surface area contributed by atoms with Crippen molar-refractivity contribution in [2.24, 2.45) is 11.3 Å². The number of fused-ring (bicyclic) bond motifs is 2. The predicted octanol–water partition coefficient (Wildman–Crippen LogP) is 0.0942. The van der Waals surface area contributed by atoms with E-state index in [0.717, 1.165) is 26.2 Å². The molecule has 128 valence electrons. The smallest absolute Gasteiger partial charge is 0.268 e. The molecular formula is C16H21N5O2S. The van der Waals surface area contributed by atoms with Gasteiger partial charge < -0.3 is 20.1 Å². The summed E-state index contributed by atoms with van der Waals surface area (Å²) < 4.78 is 0.629. The molecule has 1 amide bonds. The van der Waals surface area contributed by atoms with Crippen LogP contribution >= 0.6 is 11.3 Å². The number of amides is 1. The van der Waals surface area contributed by atoms with Crippen LogP contribution in [0.3, 0.4) is 0 Å². The second-order valence-electron chi connectivity index (χ2n) is 6.99. The Bertz CT molecular complexity index is 846. The minimum atomic E-state index is -0.351. The molecule has 2 aromatic rings. The molecule has 2 aliphatic rings. The van der Waals surface area contributed by atoms with Crippen molar-refractivity contribution in [1.29, 1.82) is 0 Å². The molecular weight excluding hydrogens is 326 g/mol. The Labute approximate surface area is 143 Å². The second-order valence-corrected chi connectivity index (χ2v) is 7.91. The summed E-state index contributed by atoms with van der Waals surface area (Å²) in [5, 5.41) is 5.22. The van der Waals surface area contributed by atoms with E-state index < -0.39 is 0 Å². The average Bonchev–Trinajstić information content (AvgIpc) is 3.20. The van der Waals surface area contributed by atoms with Gasteiger partial charge in [-0.25, -0.2) is 4.98 Å². The van der Waals surface area contributed by atoms with Crippen LogP contribution in [0.4, 0.5) is 0 Å². The molecule has 0 aliphatic carbocycles. The fraction of sp³-hybridized carbons (Fsp3) is 0.562. The van der Waals surface area contributed by atoms with E-state index in [1.165, 1.54) is 11.3 Å². The first kappa shape index (κ1) is 15.7. The maximum Gasteiger partial charge on any atom is 0.268 e. The molecule has 2 aromatic heterocycles. The number of hydrogen-bond acceptors (Lipinski definition) is 6. The third kappa shape index (κ3) is 2.37. The van der Waals surface area contributed by atoms with Gasteiger partial charge in [-0.1, -0.05) is 0 Å². The summed E-state index contributed by atoms with van der Waals surface area (Å²) >= 11 is 1.38. The minimum absolute atomic E-state index is 0.134. The minimum Gasteiger partial charge on any atom is -0.338 e. The van der Waals surface area contributed by atoms with E-state index in [0.29, 0.717) is 28.5 Å². The Morgan fingerprint density at radius 3 is 3.25 bits per heavy atom. The third-order valence-electron chi connectivity index (χ3n) is 5.22. The molecule has 0 bridgehead atoms. The Morgan fingerprint density at radius 2 is 2.42 bits per heavy atom. The Kier molecular flexibility index (Phi) is 3.70. The first-order valence-electron chi connectivity index (χ1n) is 8.11. The number of aromatic nitrogens is 2. The molecule has 0 radical (unpaired) electrons. The Balaban J connectivity index is 1.58. The lowest BCUT2D eigenvalue weighted by atomic mass is 9.79. The standard InChI is InChI=1S/C16H21N5O2S/c1-20-6-10-5-17-8-16(10,9-20)15(23)21(2)7-12-18-11-3-4-24-13(11)14(22)19-12/h3-4,10,17H,5-9H2,1-2H3,(H,18,19,22)/t10-,16-/m1/s1. The summed E-state index contributed by atoms with van der Waals surface area (Å²) in [6.45, 7) is 3.65. The normalized spacial score (nSPS) is 26.8. The highest BCUT2D eigenvalue weighted by molar-refractivity contribution is 7.17. The fourth-order valence-corrected chi connectivity index (χ4v) is 4.87. The van der Waals surface area contributed by atoms with Gasteiger partial charge in [0.25, 0.3) is 5.56 Å². The summed E-state index contributed by atoms with van der Waals surface area (Å²) in [5.74, 6) is 1.02. The maximum absolute atomic E-state index is 13.1. The molecule has 0 aromatic carbocycles. The van der Waals surface area contributed by atoms with Crippen LogP contribution in [0.2, 0.25) is 0 Å². The van der Waals surface area contributed by atoms with E-state index in [2.05, 4.69) is 27.2 Å². The lowest BCUT2D eigenvalue weighted by molar-refractivity contribution is -0.141.